The lowest BCUT2D eigenvalue weighted by atomic mass is 10.1. The number of nitrogens with zero attached hydrogens (tertiary/aromatic N) is 3. The first-order chi connectivity index (χ1) is 11.3. The minimum Gasteiger partial charge on any atom is -0.493 e. The lowest BCUT2D eigenvalue weighted by Crippen LogP contribution is -2.30. The summed E-state index contributed by atoms with van der Waals surface area (Å²) in [5.74, 6) is 0.748. The molecule has 1 fully saturated rings. The Morgan fingerprint density at radius 3 is 2.70 bits per heavy atom. The second kappa shape index (κ2) is 9.84. The van der Waals surface area contributed by atoms with Crippen LogP contribution in [0.15, 0.2) is 34.5 Å². The minimum absolute atomic E-state index is 0.0580. The molecule has 0 spiro atoms. The Hall–Kier alpha value is -2.08. The zero-order valence-corrected chi connectivity index (χ0v) is 13.7. The average molecular weight is 317 g/mol. The molecule has 1 aliphatic rings. The van der Waals surface area contributed by atoms with E-state index in [0.717, 1.165) is 17.7 Å². The summed E-state index contributed by atoms with van der Waals surface area (Å²) in [6.07, 6.45) is 7.90. The van der Waals surface area contributed by atoms with Crippen molar-refractivity contribution in [1.29, 1.82) is 0 Å². The lowest BCUT2D eigenvalue weighted by Gasteiger charge is -2.26. The Bertz CT molecular complexity index is 519. The average Bonchev–Trinajstić information content (AvgIpc) is 2.56. The van der Waals surface area contributed by atoms with E-state index in [9.17, 15) is 0 Å². The van der Waals surface area contributed by atoms with Crippen LogP contribution >= 0.6 is 0 Å². The number of piperidine rings is 1. The van der Waals surface area contributed by atoms with Crippen LogP contribution in [0.1, 0.15) is 37.7 Å². The molecule has 0 amide bonds. The Morgan fingerprint density at radius 2 is 1.91 bits per heavy atom. The van der Waals surface area contributed by atoms with Crippen LogP contribution in [0.5, 0.6) is 5.75 Å². The van der Waals surface area contributed by atoms with Gasteiger partial charge in [0.15, 0.2) is 0 Å². The Morgan fingerprint density at radius 1 is 1.13 bits per heavy atom. The van der Waals surface area contributed by atoms with Gasteiger partial charge in [0, 0.05) is 5.56 Å². The normalized spacial score (nSPS) is 15.7. The first kappa shape index (κ1) is 17.3. The van der Waals surface area contributed by atoms with Gasteiger partial charge in [0.05, 0.1) is 12.8 Å². The van der Waals surface area contributed by atoms with Gasteiger partial charge >= 0.3 is 0 Å². The molecule has 0 radical (unpaired) electrons. The number of para-hydroxylation sites is 1. The molecule has 1 aromatic carbocycles. The molecule has 0 bridgehead atoms. The molecule has 6 heteroatoms. The summed E-state index contributed by atoms with van der Waals surface area (Å²) in [6, 6.07) is 7.73. The van der Waals surface area contributed by atoms with Crippen molar-refractivity contribution in [1.82, 2.24) is 4.90 Å². The van der Waals surface area contributed by atoms with E-state index in [2.05, 4.69) is 15.1 Å². The van der Waals surface area contributed by atoms with Crippen molar-refractivity contribution in [2.24, 2.45) is 21.7 Å². The summed E-state index contributed by atoms with van der Waals surface area (Å²) in [4.78, 5) is 2.55. The highest BCUT2D eigenvalue weighted by Gasteiger charge is 2.09. The maximum Gasteiger partial charge on any atom is 0.211 e. The van der Waals surface area contributed by atoms with E-state index >= 15 is 0 Å². The van der Waals surface area contributed by atoms with Gasteiger partial charge in [-0.05, 0) is 57.5 Å². The maximum absolute atomic E-state index is 5.86. The third-order valence-electron chi connectivity index (χ3n) is 3.86. The minimum atomic E-state index is -0.0580. The Balaban J connectivity index is 1.72. The smallest absolute Gasteiger partial charge is 0.211 e. The molecule has 1 heterocycles. The summed E-state index contributed by atoms with van der Waals surface area (Å²) < 4.78 is 5.86. The maximum atomic E-state index is 5.86. The number of guanidine groups is 1. The molecule has 6 nitrogen and oxygen atoms in total. The van der Waals surface area contributed by atoms with E-state index in [1.54, 1.807) is 6.21 Å². The second-order valence-corrected chi connectivity index (χ2v) is 5.77. The third-order valence-corrected chi connectivity index (χ3v) is 3.86. The highest BCUT2D eigenvalue weighted by Crippen LogP contribution is 2.16. The van der Waals surface area contributed by atoms with Gasteiger partial charge in [-0.2, -0.15) is 5.10 Å². The van der Waals surface area contributed by atoms with Crippen molar-refractivity contribution in [2.45, 2.75) is 32.1 Å². The molecule has 1 aliphatic heterocycles. The van der Waals surface area contributed by atoms with E-state index in [4.69, 9.17) is 16.2 Å². The fraction of sp³-hybridized carbons (Fsp3) is 0.529. The van der Waals surface area contributed by atoms with Crippen molar-refractivity contribution in [3.8, 4) is 5.75 Å². The molecule has 0 aliphatic carbocycles. The first-order valence-corrected chi connectivity index (χ1v) is 8.32. The molecule has 0 atom stereocenters. The van der Waals surface area contributed by atoms with Crippen LogP contribution < -0.4 is 16.2 Å². The van der Waals surface area contributed by atoms with Gasteiger partial charge in [0.1, 0.15) is 5.75 Å². The molecular formula is C17H27N5O. The number of unbranched alkanes of at least 4 members (excludes halogenated alkanes) is 1. The predicted molar refractivity (Wildman–Crippen MR) is 94.9 cm³/mol. The number of hydrogen-bond acceptors (Lipinski definition) is 4. The number of benzene rings is 1. The number of ether oxygens (including phenoxy) is 1. The highest BCUT2D eigenvalue weighted by molar-refractivity contribution is 5.84. The van der Waals surface area contributed by atoms with Crippen molar-refractivity contribution < 1.29 is 4.74 Å². The van der Waals surface area contributed by atoms with Gasteiger partial charge < -0.3 is 21.1 Å². The van der Waals surface area contributed by atoms with Crippen LogP contribution in [0.2, 0.25) is 0 Å². The summed E-state index contributed by atoms with van der Waals surface area (Å²) in [5.41, 5.74) is 11.4. The second-order valence-electron chi connectivity index (χ2n) is 5.77. The number of hydrogen-bond donors (Lipinski definition) is 2. The molecule has 1 aromatic rings. The van der Waals surface area contributed by atoms with Crippen molar-refractivity contribution in [3.05, 3.63) is 29.8 Å². The van der Waals surface area contributed by atoms with Gasteiger partial charge in [-0.3, -0.25) is 0 Å². The predicted octanol–water partition coefficient (Wildman–Crippen LogP) is 1.94. The summed E-state index contributed by atoms with van der Waals surface area (Å²) in [7, 11) is 0. The zero-order valence-electron chi connectivity index (χ0n) is 13.7. The summed E-state index contributed by atoms with van der Waals surface area (Å²) in [6.45, 7) is 4.40. The quantitative estimate of drug-likeness (QED) is 0.332. The van der Waals surface area contributed by atoms with Crippen LogP contribution in [-0.4, -0.2) is 43.3 Å². The van der Waals surface area contributed by atoms with Gasteiger partial charge in [-0.25, -0.2) is 0 Å². The number of nitrogens with two attached hydrogens (primary N) is 2. The van der Waals surface area contributed by atoms with Crippen LogP contribution in [0, 0.1) is 0 Å². The molecule has 126 valence electrons. The van der Waals surface area contributed by atoms with E-state index in [1.165, 1.54) is 45.3 Å². The SMILES string of the molecule is NC(N)=NN=Cc1ccccc1OCCCCN1CCCCC1. The molecule has 4 N–H and O–H groups in total. The first-order valence-electron chi connectivity index (χ1n) is 8.32. The van der Waals surface area contributed by atoms with Gasteiger partial charge in [0.2, 0.25) is 5.96 Å². The highest BCUT2D eigenvalue weighted by atomic mass is 16.5. The molecule has 23 heavy (non-hydrogen) atoms. The number of likely N-dealkylation sites (tertiary alicyclic amines) is 1. The van der Waals surface area contributed by atoms with Gasteiger partial charge in [-0.15, -0.1) is 5.10 Å². The van der Waals surface area contributed by atoms with E-state index in [1.807, 2.05) is 24.3 Å². The third kappa shape index (κ3) is 6.69. The number of rotatable bonds is 8. The Labute approximate surface area is 138 Å². The summed E-state index contributed by atoms with van der Waals surface area (Å²) >= 11 is 0. The fourth-order valence-electron chi connectivity index (χ4n) is 2.68. The standard InChI is InChI=1S/C17H27N5O/c18-17(19)21-20-14-15-8-2-3-9-16(15)23-13-7-6-12-22-10-4-1-5-11-22/h2-3,8-9,14H,1,4-7,10-13H2,(H4,18,19,21). The summed E-state index contributed by atoms with van der Waals surface area (Å²) in [5, 5.41) is 7.44. The zero-order chi connectivity index (χ0) is 16.3. The Kier molecular flexibility index (Phi) is 7.39. The van der Waals surface area contributed by atoms with Crippen LogP contribution in [0.25, 0.3) is 0 Å². The van der Waals surface area contributed by atoms with Crippen molar-refractivity contribution >= 4 is 12.2 Å². The molecule has 2 rings (SSSR count). The monoisotopic (exact) mass is 317 g/mol. The van der Waals surface area contributed by atoms with Gasteiger partial charge in [0.25, 0.3) is 0 Å². The fourth-order valence-corrected chi connectivity index (χ4v) is 2.68. The van der Waals surface area contributed by atoms with Crippen LogP contribution in [-0.2, 0) is 0 Å². The molecule has 0 saturated carbocycles. The van der Waals surface area contributed by atoms with Crippen molar-refractivity contribution in [3.63, 3.8) is 0 Å². The van der Waals surface area contributed by atoms with E-state index < -0.39 is 0 Å². The van der Waals surface area contributed by atoms with Crippen LogP contribution in [0.4, 0.5) is 0 Å². The van der Waals surface area contributed by atoms with Crippen LogP contribution in [0.3, 0.4) is 0 Å². The van der Waals surface area contributed by atoms with E-state index in [0.29, 0.717) is 6.61 Å². The molecular weight excluding hydrogens is 290 g/mol. The molecule has 0 unspecified atom stereocenters. The largest absolute Gasteiger partial charge is 0.493 e. The van der Waals surface area contributed by atoms with Gasteiger partial charge in [-0.1, -0.05) is 18.6 Å². The van der Waals surface area contributed by atoms with Crippen molar-refractivity contribution in [2.75, 3.05) is 26.2 Å². The molecule has 1 saturated heterocycles. The lowest BCUT2D eigenvalue weighted by molar-refractivity contribution is 0.216. The topological polar surface area (TPSA) is 89.2 Å². The molecule has 0 aromatic heterocycles. The van der Waals surface area contributed by atoms with E-state index in [-0.39, 0.29) is 5.96 Å².